The molecule has 0 amide bonds. The van der Waals surface area contributed by atoms with Crippen LogP contribution in [0.2, 0.25) is 0 Å². The molecule has 0 aromatic rings. The van der Waals surface area contributed by atoms with E-state index in [1.165, 1.54) is 64.2 Å². The Morgan fingerprint density at radius 1 is 0.459 bits per heavy atom. The Hall–Kier alpha value is -0.320. The highest BCUT2D eigenvalue weighted by Gasteiger charge is 2.30. The van der Waals surface area contributed by atoms with Crippen LogP contribution in [0, 0.1) is 5.92 Å². The fourth-order valence-corrected chi connectivity index (χ4v) is 5.38. The lowest BCUT2D eigenvalue weighted by Crippen LogP contribution is -2.34. The molecule has 0 heterocycles. The van der Waals surface area contributed by atoms with E-state index in [1.807, 2.05) is 62.7 Å². The number of ether oxygens (including phenoxy) is 8. The molecule has 2 aliphatic rings. The summed E-state index contributed by atoms with van der Waals surface area (Å²) in [5.41, 5.74) is 0.403. The second kappa shape index (κ2) is 50.7. The van der Waals surface area contributed by atoms with E-state index in [-0.39, 0.29) is 22.4 Å². The van der Waals surface area contributed by atoms with E-state index in [2.05, 4.69) is 83.1 Å². The summed E-state index contributed by atoms with van der Waals surface area (Å²) in [4.78, 5) is 0. The number of methoxy groups -OCH3 is 8. The molecule has 2 fully saturated rings. The predicted octanol–water partition coefficient (Wildman–Crippen LogP) is 16.1. The van der Waals surface area contributed by atoms with Gasteiger partial charge in [0.15, 0.2) is 0 Å². The van der Waals surface area contributed by atoms with Gasteiger partial charge in [-0.3, -0.25) is 0 Å². The molecule has 0 aromatic carbocycles. The summed E-state index contributed by atoms with van der Waals surface area (Å²) in [5.74, 6) is 0.793. The summed E-state index contributed by atoms with van der Waals surface area (Å²) in [6.45, 7) is 39.7. The summed E-state index contributed by atoms with van der Waals surface area (Å²) in [6.07, 6.45) is 23.4. The van der Waals surface area contributed by atoms with Crippen LogP contribution in [-0.2, 0) is 37.9 Å². The minimum absolute atomic E-state index is 0.0417. The normalized spacial score (nSPS) is 14.9. The third kappa shape index (κ3) is 55.7. The molecule has 0 radical (unpaired) electrons. The summed E-state index contributed by atoms with van der Waals surface area (Å²) in [5, 5.41) is 0. The molecule has 2 rings (SSSR count). The van der Waals surface area contributed by atoms with Crippen LogP contribution < -0.4 is 0 Å². The molecule has 0 spiro atoms. The van der Waals surface area contributed by atoms with Crippen molar-refractivity contribution in [1.29, 1.82) is 0 Å². The van der Waals surface area contributed by atoms with E-state index in [9.17, 15) is 0 Å². The first-order valence-electron chi connectivity index (χ1n) is 24.8. The Kier molecular flexibility index (Phi) is 62.3. The van der Waals surface area contributed by atoms with Crippen molar-refractivity contribution >= 4 is 0 Å². The van der Waals surface area contributed by atoms with Gasteiger partial charge in [0, 0.05) is 56.9 Å². The summed E-state index contributed by atoms with van der Waals surface area (Å²) >= 11 is 0. The Balaban J connectivity index is -0.000000110. The van der Waals surface area contributed by atoms with Gasteiger partial charge < -0.3 is 37.9 Å². The first-order valence-corrected chi connectivity index (χ1v) is 24.8. The quantitative estimate of drug-likeness (QED) is 0.161. The Bertz CT molecular complexity index is 728. The first-order chi connectivity index (χ1) is 28.4. The second-order valence-corrected chi connectivity index (χ2v) is 18.1. The standard InChI is InChI=1S/C10H20O.C8H18O.C7H14O.2C6H14O.2C5H12O.C4H10O.C2H6/c1-10(2,11-3)9-7-5-4-6-8-9;1-5-8(6-2,7-3)9-4;1-8-7-5-3-2-4-6-7;1-5-6(2,3)7-4;1-4-6(5-2)7-3;1-5(2,3)6-4;1-4-5(2)6-3;1-4(2)5-3;1-2/h9H,4-8H2,1-3H3;5-7H2,1-4H3;7H,2-6H2,1H3;5H2,1-4H3;6H,4-5H2,1-3H3;1-4H3;5H,4H2,1-3H3;4H,1-3H3;1-2H3. The third-order valence-corrected chi connectivity index (χ3v) is 12.1. The van der Waals surface area contributed by atoms with Crippen molar-refractivity contribution in [2.75, 3.05) is 56.9 Å². The molecule has 380 valence electrons. The SMILES string of the molecule is CC.CCC(C)(C)OC.CCC(C)OC.CCC(CC)(CC)OC.CCC(CC)OC.COC(C)(C)C.COC(C)(C)C1CCCCC1.COC(C)C.COC1CCCCC1. The van der Waals surface area contributed by atoms with Gasteiger partial charge in [0.05, 0.1) is 46.8 Å². The van der Waals surface area contributed by atoms with E-state index in [0.29, 0.717) is 24.4 Å². The molecule has 0 bridgehead atoms. The van der Waals surface area contributed by atoms with E-state index in [1.54, 1.807) is 42.7 Å². The van der Waals surface area contributed by atoms with Crippen molar-refractivity contribution < 1.29 is 37.9 Å². The Labute approximate surface area is 387 Å². The Morgan fingerprint density at radius 2 is 0.836 bits per heavy atom. The van der Waals surface area contributed by atoms with Crippen molar-refractivity contribution in [1.82, 2.24) is 0 Å². The van der Waals surface area contributed by atoms with Crippen LogP contribution in [0.3, 0.4) is 0 Å². The van der Waals surface area contributed by atoms with Gasteiger partial charge in [0.25, 0.3) is 0 Å². The van der Waals surface area contributed by atoms with Gasteiger partial charge in [-0.2, -0.15) is 0 Å². The zero-order chi connectivity index (χ0) is 49.6. The smallest absolute Gasteiger partial charge is 0.0671 e. The van der Waals surface area contributed by atoms with Crippen molar-refractivity contribution in [3.05, 3.63) is 0 Å². The van der Waals surface area contributed by atoms with Gasteiger partial charge in [0.2, 0.25) is 0 Å². The predicted molar refractivity (Wildman–Crippen MR) is 272 cm³/mol. The van der Waals surface area contributed by atoms with Gasteiger partial charge in [-0.1, -0.05) is 101 Å². The lowest BCUT2D eigenvalue weighted by molar-refractivity contribution is -0.0399. The lowest BCUT2D eigenvalue weighted by Gasteiger charge is -2.35. The van der Waals surface area contributed by atoms with Crippen molar-refractivity contribution in [2.24, 2.45) is 5.92 Å². The van der Waals surface area contributed by atoms with Crippen LogP contribution in [0.15, 0.2) is 0 Å². The molecular weight excluding hydrogens is 765 g/mol. The molecule has 8 nitrogen and oxygen atoms in total. The monoisotopic (exact) mass is 885 g/mol. The van der Waals surface area contributed by atoms with E-state index in [0.717, 1.165) is 50.9 Å². The molecule has 1 unspecified atom stereocenters. The van der Waals surface area contributed by atoms with Gasteiger partial charge in [0.1, 0.15) is 0 Å². The molecule has 2 saturated carbocycles. The molecule has 2 aliphatic carbocycles. The highest BCUT2D eigenvalue weighted by molar-refractivity contribution is 4.81. The van der Waals surface area contributed by atoms with E-state index in [4.69, 9.17) is 37.9 Å². The van der Waals surface area contributed by atoms with Crippen molar-refractivity contribution in [3.63, 3.8) is 0 Å². The molecule has 8 heteroatoms. The maximum absolute atomic E-state index is 5.48. The van der Waals surface area contributed by atoms with Gasteiger partial charge >= 0.3 is 0 Å². The van der Waals surface area contributed by atoms with Gasteiger partial charge in [-0.25, -0.2) is 0 Å². The molecule has 1 atom stereocenters. The molecule has 61 heavy (non-hydrogen) atoms. The topological polar surface area (TPSA) is 73.8 Å². The largest absolute Gasteiger partial charge is 0.382 e. The number of hydrogen-bond acceptors (Lipinski definition) is 8. The van der Waals surface area contributed by atoms with Crippen LogP contribution in [-0.4, -0.2) is 104 Å². The first kappa shape index (κ1) is 75.0. The van der Waals surface area contributed by atoms with Crippen LogP contribution in [0.25, 0.3) is 0 Å². The number of hydrogen-bond donors (Lipinski definition) is 0. The molecule has 0 aromatic heterocycles. The van der Waals surface area contributed by atoms with Crippen LogP contribution in [0.4, 0.5) is 0 Å². The minimum atomic E-state index is 0.0417. The molecular formula is C53H120O8. The lowest BCUT2D eigenvalue weighted by atomic mass is 9.79. The van der Waals surface area contributed by atoms with Crippen LogP contribution in [0.1, 0.15) is 241 Å². The minimum Gasteiger partial charge on any atom is -0.382 e. The molecule has 0 saturated heterocycles. The highest BCUT2D eigenvalue weighted by atomic mass is 16.5. The fraction of sp³-hybridized carbons (Fsp3) is 1.00. The summed E-state index contributed by atoms with van der Waals surface area (Å²) < 4.78 is 40.8. The van der Waals surface area contributed by atoms with Crippen molar-refractivity contribution in [3.8, 4) is 0 Å². The van der Waals surface area contributed by atoms with E-state index >= 15 is 0 Å². The van der Waals surface area contributed by atoms with E-state index < -0.39 is 0 Å². The average Bonchev–Trinajstić information content (AvgIpc) is 3.30. The van der Waals surface area contributed by atoms with Crippen molar-refractivity contribution in [2.45, 2.75) is 288 Å². The van der Waals surface area contributed by atoms with Gasteiger partial charge in [-0.15, -0.1) is 0 Å². The zero-order valence-corrected chi connectivity index (χ0v) is 47.2. The third-order valence-electron chi connectivity index (χ3n) is 12.1. The maximum Gasteiger partial charge on any atom is 0.0671 e. The molecule has 0 aliphatic heterocycles. The summed E-state index contributed by atoms with van der Waals surface area (Å²) in [6, 6.07) is 0. The second-order valence-electron chi connectivity index (χ2n) is 18.1. The van der Waals surface area contributed by atoms with Crippen LogP contribution in [0.5, 0.6) is 0 Å². The Morgan fingerprint density at radius 3 is 0.951 bits per heavy atom. The summed E-state index contributed by atoms with van der Waals surface area (Å²) in [7, 11) is 14.1. The average molecular weight is 886 g/mol. The maximum atomic E-state index is 5.48. The number of rotatable bonds is 15. The zero-order valence-electron chi connectivity index (χ0n) is 47.2. The highest BCUT2D eigenvalue weighted by Crippen LogP contribution is 2.34. The van der Waals surface area contributed by atoms with Gasteiger partial charge in [-0.05, 0) is 146 Å². The fourth-order valence-electron chi connectivity index (χ4n) is 5.38. The molecule has 0 N–H and O–H groups in total. The van der Waals surface area contributed by atoms with Crippen LogP contribution >= 0.6 is 0 Å².